The molecule has 0 bridgehead atoms. The molecule has 4 heteroatoms. The van der Waals surface area contributed by atoms with Crippen molar-refractivity contribution < 1.29 is 5.11 Å². The largest absolute Gasteiger partial charge is 0.396 e. The van der Waals surface area contributed by atoms with Crippen LogP contribution >= 0.6 is 0 Å². The zero-order valence-electron chi connectivity index (χ0n) is 10.2. The molecule has 1 aromatic heterocycles. The monoisotopic (exact) mass is 231 g/mol. The molecule has 0 aliphatic rings. The van der Waals surface area contributed by atoms with Gasteiger partial charge in [0.05, 0.1) is 17.6 Å². The van der Waals surface area contributed by atoms with Crippen LogP contribution in [0.4, 0.5) is 0 Å². The predicted octanol–water partition coefficient (Wildman–Crippen LogP) is 1.81. The van der Waals surface area contributed by atoms with Crippen molar-refractivity contribution in [2.75, 3.05) is 6.61 Å². The molecule has 0 saturated heterocycles. The molecule has 0 aliphatic carbocycles. The van der Waals surface area contributed by atoms with Crippen LogP contribution in [0, 0.1) is 13.8 Å². The van der Waals surface area contributed by atoms with Gasteiger partial charge in [0.1, 0.15) is 0 Å². The first-order valence-corrected chi connectivity index (χ1v) is 5.80. The molecule has 1 aromatic carbocycles. The van der Waals surface area contributed by atoms with Gasteiger partial charge in [-0.3, -0.25) is 0 Å². The third kappa shape index (κ3) is 2.71. The molecule has 0 fully saturated rings. The summed E-state index contributed by atoms with van der Waals surface area (Å²) in [5, 5.41) is 16.9. The predicted molar refractivity (Wildman–Crippen MR) is 66.2 cm³/mol. The fourth-order valence-corrected chi connectivity index (χ4v) is 1.67. The van der Waals surface area contributed by atoms with Gasteiger partial charge in [-0.25, -0.2) is 4.68 Å². The molecule has 0 amide bonds. The Morgan fingerprint density at radius 3 is 2.76 bits per heavy atom. The van der Waals surface area contributed by atoms with E-state index in [4.69, 9.17) is 5.11 Å². The fraction of sp³-hybridized carbons (Fsp3) is 0.385. The Bertz CT molecular complexity index is 505. The molecular weight excluding hydrogens is 214 g/mol. The van der Waals surface area contributed by atoms with Gasteiger partial charge in [-0.05, 0) is 49.9 Å². The van der Waals surface area contributed by atoms with Gasteiger partial charge in [0.25, 0.3) is 0 Å². The van der Waals surface area contributed by atoms with E-state index in [-0.39, 0.29) is 6.61 Å². The second-order valence-electron chi connectivity index (χ2n) is 4.25. The van der Waals surface area contributed by atoms with Gasteiger partial charge < -0.3 is 5.11 Å². The Kier molecular flexibility index (Phi) is 3.54. The smallest absolute Gasteiger partial charge is 0.0832 e. The molecule has 90 valence electrons. The molecule has 0 unspecified atom stereocenters. The highest BCUT2D eigenvalue weighted by atomic mass is 16.2. The molecule has 0 saturated carbocycles. The minimum Gasteiger partial charge on any atom is -0.396 e. The van der Waals surface area contributed by atoms with Crippen LogP contribution in [0.1, 0.15) is 23.2 Å². The van der Waals surface area contributed by atoms with Crippen molar-refractivity contribution in [2.45, 2.75) is 26.7 Å². The molecule has 1 heterocycles. The summed E-state index contributed by atoms with van der Waals surface area (Å²) in [6.45, 7) is 4.37. The quantitative estimate of drug-likeness (QED) is 0.873. The van der Waals surface area contributed by atoms with Gasteiger partial charge >= 0.3 is 0 Å². The number of aromatic nitrogens is 3. The third-order valence-electron chi connectivity index (χ3n) is 2.89. The topological polar surface area (TPSA) is 50.9 Å². The summed E-state index contributed by atoms with van der Waals surface area (Å²) in [6, 6.07) is 6.21. The Balaban J connectivity index is 2.21. The first kappa shape index (κ1) is 11.8. The molecule has 0 radical (unpaired) electrons. The number of aryl methyl sites for hydroxylation is 3. The number of aliphatic hydroxyl groups is 1. The number of hydrogen-bond acceptors (Lipinski definition) is 3. The second kappa shape index (κ2) is 5.10. The van der Waals surface area contributed by atoms with Crippen molar-refractivity contribution in [1.29, 1.82) is 0 Å². The fourth-order valence-electron chi connectivity index (χ4n) is 1.67. The van der Waals surface area contributed by atoms with E-state index in [1.165, 1.54) is 11.1 Å². The Labute approximate surface area is 101 Å². The van der Waals surface area contributed by atoms with E-state index in [2.05, 4.69) is 36.3 Å². The SMILES string of the molecule is Cc1ccc(-n2cc(CCCO)nn2)cc1C. The lowest BCUT2D eigenvalue weighted by molar-refractivity contribution is 0.288. The van der Waals surface area contributed by atoms with Crippen molar-refractivity contribution in [2.24, 2.45) is 0 Å². The highest BCUT2D eigenvalue weighted by molar-refractivity contribution is 5.38. The van der Waals surface area contributed by atoms with Gasteiger partial charge in [-0.15, -0.1) is 5.10 Å². The molecule has 2 aromatic rings. The lowest BCUT2D eigenvalue weighted by atomic mass is 10.1. The van der Waals surface area contributed by atoms with Gasteiger partial charge in [0, 0.05) is 6.61 Å². The van der Waals surface area contributed by atoms with Crippen molar-refractivity contribution in [1.82, 2.24) is 15.0 Å². The first-order chi connectivity index (χ1) is 8.20. The Morgan fingerprint density at radius 2 is 2.06 bits per heavy atom. The van der Waals surface area contributed by atoms with E-state index in [0.29, 0.717) is 0 Å². The van der Waals surface area contributed by atoms with Gasteiger partial charge in [0.2, 0.25) is 0 Å². The number of rotatable bonds is 4. The van der Waals surface area contributed by atoms with Crippen LogP contribution in [-0.2, 0) is 6.42 Å². The van der Waals surface area contributed by atoms with Crippen LogP contribution in [0.3, 0.4) is 0 Å². The molecule has 1 N–H and O–H groups in total. The molecule has 0 aliphatic heterocycles. The van der Waals surface area contributed by atoms with E-state index in [0.717, 1.165) is 24.2 Å². The maximum absolute atomic E-state index is 8.76. The van der Waals surface area contributed by atoms with Crippen molar-refractivity contribution >= 4 is 0 Å². The van der Waals surface area contributed by atoms with Crippen LogP contribution in [0.5, 0.6) is 0 Å². The maximum Gasteiger partial charge on any atom is 0.0832 e. The van der Waals surface area contributed by atoms with Crippen molar-refractivity contribution in [3.05, 3.63) is 41.2 Å². The lowest BCUT2D eigenvalue weighted by Gasteiger charge is -2.03. The number of nitrogens with zero attached hydrogens (tertiary/aromatic N) is 3. The van der Waals surface area contributed by atoms with Crippen molar-refractivity contribution in [3.8, 4) is 5.69 Å². The molecule has 0 atom stereocenters. The highest BCUT2D eigenvalue weighted by Crippen LogP contribution is 2.13. The number of benzene rings is 1. The van der Waals surface area contributed by atoms with Crippen molar-refractivity contribution in [3.63, 3.8) is 0 Å². The second-order valence-corrected chi connectivity index (χ2v) is 4.25. The van der Waals surface area contributed by atoms with Gasteiger partial charge in [-0.1, -0.05) is 11.3 Å². The summed E-state index contributed by atoms with van der Waals surface area (Å²) < 4.78 is 1.78. The van der Waals surface area contributed by atoms with E-state index < -0.39 is 0 Å². The van der Waals surface area contributed by atoms with Crippen LogP contribution in [-0.4, -0.2) is 26.7 Å². The average molecular weight is 231 g/mol. The maximum atomic E-state index is 8.76. The van der Waals surface area contributed by atoms with Crippen LogP contribution in [0.15, 0.2) is 24.4 Å². The summed E-state index contributed by atoms with van der Waals surface area (Å²) in [5.74, 6) is 0. The Hall–Kier alpha value is -1.68. The summed E-state index contributed by atoms with van der Waals surface area (Å²) in [5.41, 5.74) is 4.46. The summed E-state index contributed by atoms with van der Waals surface area (Å²) in [7, 11) is 0. The van der Waals surface area contributed by atoms with E-state index in [9.17, 15) is 0 Å². The van der Waals surface area contributed by atoms with Crippen LogP contribution < -0.4 is 0 Å². The van der Waals surface area contributed by atoms with Crippen LogP contribution in [0.2, 0.25) is 0 Å². The molecule has 2 rings (SSSR count). The van der Waals surface area contributed by atoms with Gasteiger partial charge in [-0.2, -0.15) is 0 Å². The summed E-state index contributed by atoms with van der Waals surface area (Å²) in [4.78, 5) is 0. The lowest BCUT2D eigenvalue weighted by Crippen LogP contribution is -1.96. The average Bonchev–Trinajstić information content (AvgIpc) is 2.79. The zero-order valence-corrected chi connectivity index (χ0v) is 10.2. The summed E-state index contributed by atoms with van der Waals surface area (Å²) in [6.07, 6.45) is 3.41. The standard InChI is InChI=1S/C13H17N3O/c1-10-5-6-13(8-11(10)2)16-9-12(14-15-16)4-3-7-17/h5-6,8-9,17H,3-4,7H2,1-2H3. The highest BCUT2D eigenvalue weighted by Gasteiger charge is 2.03. The molecule has 0 spiro atoms. The number of hydrogen-bond donors (Lipinski definition) is 1. The van der Waals surface area contributed by atoms with Gasteiger partial charge in [0.15, 0.2) is 0 Å². The Morgan fingerprint density at radius 1 is 1.24 bits per heavy atom. The van der Waals surface area contributed by atoms with E-state index >= 15 is 0 Å². The minimum absolute atomic E-state index is 0.191. The normalized spacial score (nSPS) is 10.8. The van der Waals surface area contributed by atoms with E-state index in [1.54, 1.807) is 4.68 Å². The third-order valence-corrected chi connectivity index (χ3v) is 2.89. The number of aliphatic hydroxyl groups excluding tert-OH is 1. The summed E-state index contributed by atoms with van der Waals surface area (Å²) >= 11 is 0. The van der Waals surface area contributed by atoms with E-state index in [1.807, 2.05) is 12.3 Å². The zero-order chi connectivity index (χ0) is 12.3. The molecular formula is C13H17N3O. The molecule has 17 heavy (non-hydrogen) atoms. The first-order valence-electron chi connectivity index (χ1n) is 5.80. The van der Waals surface area contributed by atoms with Crippen LogP contribution in [0.25, 0.3) is 5.69 Å². The molecule has 4 nitrogen and oxygen atoms in total. The minimum atomic E-state index is 0.191.